The lowest BCUT2D eigenvalue weighted by atomic mass is 10.0. The third-order valence-electron chi connectivity index (χ3n) is 2.07. The third-order valence-corrected chi connectivity index (χ3v) is 2.07. The molecule has 1 atom stereocenters. The lowest BCUT2D eigenvalue weighted by molar-refractivity contribution is -0.137. The van der Waals surface area contributed by atoms with Crippen molar-refractivity contribution in [3.63, 3.8) is 0 Å². The van der Waals surface area contributed by atoms with Crippen molar-refractivity contribution in [2.24, 2.45) is 5.73 Å². The van der Waals surface area contributed by atoms with Gasteiger partial charge < -0.3 is 5.73 Å². The van der Waals surface area contributed by atoms with Crippen molar-refractivity contribution in [1.82, 2.24) is 0 Å². The van der Waals surface area contributed by atoms with Crippen molar-refractivity contribution in [3.8, 4) is 0 Å². The average molecular weight is 239 g/mol. The van der Waals surface area contributed by atoms with Gasteiger partial charge in [0.05, 0.1) is 5.56 Å². The van der Waals surface area contributed by atoms with Crippen LogP contribution in [0.4, 0.5) is 22.0 Å². The van der Waals surface area contributed by atoms with E-state index < -0.39 is 30.6 Å². The van der Waals surface area contributed by atoms with E-state index in [2.05, 4.69) is 0 Å². The predicted molar refractivity (Wildman–Crippen MR) is 49.0 cm³/mol. The molecule has 0 radical (unpaired) electrons. The zero-order chi connectivity index (χ0) is 12.3. The predicted octanol–water partition coefficient (Wildman–Crippen LogP) is 3.36. The molecule has 0 aliphatic heterocycles. The summed E-state index contributed by atoms with van der Waals surface area (Å²) < 4.78 is 60.9. The Morgan fingerprint density at radius 2 is 1.81 bits per heavy atom. The monoisotopic (exact) mass is 239 g/mol. The van der Waals surface area contributed by atoms with Crippen LogP contribution in [0.15, 0.2) is 24.3 Å². The maximum Gasteiger partial charge on any atom is 0.416 e. The largest absolute Gasteiger partial charge is 0.416 e. The summed E-state index contributed by atoms with van der Waals surface area (Å²) in [5.41, 5.74) is 4.55. The van der Waals surface area contributed by atoms with Gasteiger partial charge in [0.2, 0.25) is 6.43 Å². The van der Waals surface area contributed by atoms with E-state index in [-0.39, 0.29) is 5.56 Å². The van der Waals surface area contributed by atoms with Crippen LogP contribution in [0.25, 0.3) is 0 Å². The van der Waals surface area contributed by atoms with Crippen LogP contribution < -0.4 is 5.73 Å². The Morgan fingerprint density at radius 3 is 2.31 bits per heavy atom. The van der Waals surface area contributed by atoms with Crippen molar-refractivity contribution in [2.75, 3.05) is 0 Å². The molecule has 1 rings (SSSR count). The normalized spacial score (nSPS) is 14.2. The number of hydrogen-bond acceptors (Lipinski definition) is 1. The molecule has 0 heterocycles. The Balaban J connectivity index is 2.90. The van der Waals surface area contributed by atoms with Crippen molar-refractivity contribution in [1.29, 1.82) is 0 Å². The molecule has 6 heteroatoms. The van der Waals surface area contributed by atoms with Gasteiger partial charge in [-0.25, -0.2) is 8.78 Å². The summed E-state index contributed by atoms with van der Waals surface area (Å²) in [6, 6.07) is 3.06. The van der Waals surface area contributed by atoms with E-state index in [1.807, 2.05) is 0 Å². The first-order chi connectivity index (χ1) is 7.30. The molecule has 0 saturated heterocycles. The zero-order valence-corrected chi connectivity index (χ0v) is 8.14. The van der Waals surface area contributed by atoms with Crippen LogP contribution >= 0.6 is 0 Å². The molecule has 0 unspecified atom stereocenters. The van der Waals surface area contributed by atoms with Gasteiger partial charge in [0.15, 0.2) is 0 Å². The molecule has 1 aromatic carbocycles. The highest BCUT2D eigenvalue weighted by Gasteiger charge is 2.30. The third kappa shape index (κ3) is 3.44. The number of alkyl halides is 5. The van der Waals surface area contributed by atoms with Gasteiger partial charge in [0, 0.05) is 12.5 Å². The highest BCUT2D eigenvalue weighted by molar-refractivity contribution is 5.27. The highest BCUT2D eigenvalue weighted by atomic mass is 19.4. The first-order valence-electron chi connectivity index (χ1n) is 4.51. The van der Waals surface area contributed by atoms with Gasteiger partial charge in [0.1, 0.15) is 0 Å². The second-order valence-corrected chi connectivity index (χ2v) is 3.36. The number of nitrogens with two attached hydrogens (primary N) is 1. The highest BCUT2D eigenvalue weighted by Crippen LogP contribution is 2.31. The summed E-state index contributed by atoms with van der Waals surface area (Å²) in [6.45, 7) is 0. The molecule has 0 fully saturated rings. The minimum absolute atomic E-state index is 0.0649. The lowest BCUT2D eigenvalue weighted by Gasteiger charge is -2.13. The summed E-state index contributed by atoms with van der Waals surface area (Å²) in [4.78, 5) is 0. The Kier molecular flexibility index (Phi) is 3.85. The van der Waals surface area contributed by atoms with Gasteiger partial charge in [0.25, 0.3) is 0 Å². The zero-order valence-electron chi connectivity index (χ0n) is 8.14. The Morgan fingerprint density at radius 1 is 1.19 bits per heavy atom. The Labute approximate surface area is 89.1 Å². The van der Waals surface area contributed by atoms with E-state index >= 15 is 0 Å². The molecule has 0 aromatic heterocycles. The fraction of sp³-hybridized carbons (Fsp3) is 0.400. The Bertz CT molecular complexity index is 347. The molecule has 0 aliphatic rings. The maximum atomic E-state index is 12.3. The molecular weight excluding hydrogens is 229 g/mol. The molecule has 90 valence electrons. The van der Waals surface area contributed by atoms with Crippen molar-refractivity contribution in [2.45, 2.75) is 25.1 Å². The Hall–Kier alpha value is -1.17. The van der Waals surface area contributed by atoms with E-state index in [1.165, 1.54) is 6.07 Å². The van der Waals surface area contributed by atoms with Crippen LogP contribution in [0.5, 0.6) is 0 Å². The molecule has 0 bridgehead atoms. The quantitative estimate of drug-likeness (QED) is 0.804. The van der Waals surface area contributed by atoms with Gasteiger partial charge in [-0.2, -0.15) is 13.2 Å². The number of rotatable bonds is 3. The summed E-state index contributed by atoms with van der Waals surface area (Å²) in [5.74, 6) is 0. The second kappa shape index (κ2) is 4.78. The van der Waals surface area contributed by atoms with Crippen LogP contribution in [0, 0.1) is 0 Å². The minimum atomic E-state index is -4.49. The molecule has 16 heavy (non-hydrogen) atoms. The van der Waals surface area contributed by atoms with Crippen molar-refractivity contribution < 1.29 is 22.0 Å². The van der Waals surface area contributed by atoms with Crippen LogP contribution in [-0.2, 0) is 6.18 Å². The standard InChI is InChI=1S/C10H10F5N/c11-9(12)5-8(16)6-2-1-3-7(4-6)10(13,14)15/h1-4,8-9H,5,16H2/t8-/m0/s1. The fourth-order valence-corrected chi connectivity index (χ4v) is 1.27. The number of benzene rings is 1. The second-order valence-electron chi connectivity index (χ2n) is 3.36. The first kappa shape index (κ1) is 12.9. The molecule has 0 saturated carbocycles. The molecule has 0 spiro atoms. The van der Waals surface area contributed by atoms with Crippen LogP contribution in [-0.4, -0.2) is 6.43 Å². The van der Waals surface area contributed by atoms with Gasteiger partial charge >= 0.3 is 6.18 Å². The van der Waals surface area contributed by atoms with E-state index in [0.717, 1.165) is 18.2 Å². The first-order valence-corrected chi connectivity index (χ1v) is 4.51. The lowest BCUT2D eigenvalue weighted by Crippen LogP contribution is -2.15. The smallest absolute Gasteiger partial charge is 0.324 e. The van der Waals surface area contributed by atoms with Crippen LogP contribution in [0.1, 0.15) is 23.6 Å². The fourth-order valence-electron chi connectivity index (χ4n) is 1.27. The molecule has 2 N–H and O–H groups in total. The van der Waals surface area contributed by atoms with E-state index in [4.69, 9.17) is 5.73 Å². The van der Waals surface area contributed by atoms with Crippen molar-refractivity contribution in [3.05, 3.63) is 35.4 Å². The summed E-state index contributed by atoms with van der Waals surface area (Å²) in [7, 11) is 0. The van der Waals surface area contributed by atoms with E-state index in [1.54, 1.807) is 0 Å². The molecule has 1 aromatic rings. The van der Waals surface area contributed by atoms with Gasteiger partial charge in [-0.05, 0) is 17.7 Å². The maximum absolute atomic E-state index is 12.3. The summed E-state index contributed by atoms with van der Waals surface area (Å²) in [6.07, 6.45) is -7.77. The number of hydrogen-bond donors (Lipinski definition) is 1. The van der Waals surface area contributed by atoms with E-state index in [9.17, 15) is 22.0 Å². The van der Waals surface area contributed by atoms with Crippen LogP contribution in [0.2, 0.25) is 0 Å². The molecule has 0 aliphatic carbocycles. The minimum Gasteiger partial charge on any atom is -0.324 e. The molecule has 0 amide bonds. The SMILES string of the molecule is N[C@@H](CC(F)F)c1cccc(C(F)(F)F)c1. The van der Waals surface area contributed by atoms with Gasteiger partial charge in [-0.1, -0.05) is 12.1 Å². The average Bonchev–Trinajstić information content (AvgIpc) is 2.15. The topological polar surface area (TPSA) is 26.0 Å². The molecular formula is C10H10F5N. The van der Waals surface area contributed by atoms with Crippen molar-refractivity contribution >= 4 is 0 Å². The summed E-state index contributed by atoms with van der Waals surface area (Å²) in [5, 5.41) is 0. The molecule has 1 nitrogen and oxygen atoms in total. The summed E-state index contributed by atoms with van der Waals surface area (Å²) >= 11 is 0. The van der Waals surface area contributed by atoms with Gasteiger partial charge in [-0.3, -0.25) is 0 Å². The van der Waals surface area contributed by atoms with Gasteiger partial charge in [-0.15, -0.1) is 0 Å². The van der Waals surface area contributed by atoms with Crippen LogP contribution in [0.3, 0.4) is 0 Å². The number of halogens is 5. The van der Waals surface area contributed by atoms with E-state index in [0.29, 0.717) is 0 Å².